The Morgan fingerprint density at radius 2 is 2.16 bits per heavy atom. The smallest absolute Gasteiger partial charge is 0.339 e. The van der Waals surface area contributed by atoms with Gasteiger partial charge in [0.25, 0.3) is 0 Å². The normalized spacial score (nSPS) is 10.8. The number of benzene rings is 1. The van der Waals surface area contributed by atoms with Crippen LogP contribution in [0, 0.1) is 6.92 Å². The molecule has 0 unspecified atom stereocenters. The fourth-order valence-electron chi connectivity index (χ4n) is 2.71. The van der Waals surface area contributed by atoms with Gasteiger partial charge in [-0.3, -0.25) is 4.79 Å². The van der Waals surface area contributed by atoms with Crippen molar-refractivity contribution in [2.45, 2.75) is 26.3 Å². The van der Waals surface area contributed by atoms with E-state index in [4.69, 9.17) is 9.15 Å². The predicted octanol–water partition coefficient (Wildman–Crippen LogP) is 3.42. The molecular weight excluding hydrogens is 338 g/mol. The second kappa shape index (κ2) is 7.53. The number of methoxy groups -OCH3 is 1. The zero-order valence-corrected chi connectivity index (χ0v) is 14.9. The Kier molecular flexibility index (Phi) is 5.19. The van der Waals surface area contributed by atoms with E-state index in [1.54, 1.807) is 24.5 Å². The molecule has 0 saturated carbocycles. The monoisotopic (exact) mass is 357 g/mol. The van der Waals surface area contributed by atoms with E-state index < -0.39 is 5.63 Å². The summed E-state index contributed by atoms with van der Waals surface area (Å²) in [5, 5.41) is 7.69. The fraction of sp³-hybridized carbons (Fsp3) is 0.263. The number of thiophene rings is 1. The van der Waals surface area contributed by atoms with Crippen molar-refractivity contribution >= 4 is 28.2 Å². The van der Waals surface area contributed by atoms with E-state index >= 15 is 0 Å². The lowest BCUT2D eigenvalue weighted by atomic mass is 10.0. The number of amides is 1. The molecule has 6 heteroatoms. The highest BCUT2D eigenvalue weighted by Crippen LogP contribution is 2.24. The van der Waals surface area contributed by atoms with E-state index in [2.05, 4.69) is 5.32 Å². The molecule has 0 fully saturated rings. The molecular formula is C19H19NO4S. The maximum Gasteiger partial charge on any atom is 0.339 e. The first-order valence-corrected chi connectivity index (χ1v) is 8.91. The van der Waals surface area contributed by atoms with Gasteiger partial charge in [-0.05, 0) is 53.4 Å². The van der Waals surface area contributed by atoms with Crippen LogP contribution in [0.3, 0.4) is 0 Å². The first-order chi connectivity index (χ1) is 12.1. The average Bonchev–Trinajstić information content (AvgIpc) is 3.12. The summed E-state index contributed by atoms with van der Waals surface area (Å²) in [5.41, 5.74) is 2.56. The average molecular weight is 357 g/mol. The summed E-state index contributed by atoms with van der Waals surface area (Å²) in [6, 6.07) is 7.36. The number of hydrogen-bond acceptors (Lipinski definition) is 5. The highest BCUT2D eigenvalue weighted by molar-refractivity contribution is 7.07. The Morgan fingerprint density at radius 1 is 1.32 bits per heavy atom. The van der Waals surface area contributed by atoms with Gasteiger partial charge in [-0.15, -0.1) is 0 Å². The molecule has 0 spiro atoms. The second-order valence-corrected chi connectivity index (χ2v) is 6.54. The number of carbonyl (C=O) groups is 1. The summed E-state index contributed by atoms with van der Waals surface area (Å²) < 4.78 is 10.6. The molecule has 0 radical (unpaired) electrons. The van der Waals surface area contributed by atoms with Gasteiger partial charge in [0.05, 0.1) is 7.11 Å². The first kappa shape index (κ1) is 17.2. The zero-order chi connectivity index (χ0) is 17.8. The largest absolute Gasteiger partial charge is 0.497 e. The lowest BCUT2D eigenvalue weighted by Crippen LogP contribution is -2.24. The molecule has 130 valence electrons. The van der Waals surface area contributed by atoms with E-state index in [-0.39, 0.29) is 12.3 Å². The standard InChI is InChI=1S/C19H19NO4S/c1-12-15-4-3-14(23-2)9-17(15)24-19(22)16(12)5-6-18(21)20-10-13-7-8-25-11-13/h3-4,7-9,11H,5-6,10H2,1-2H3,(H,20,21). The summed E-state index contributed by atoms with van der Waals surface area (Å²) in [4.78, 5) is 24.3. The molecule has 0 atom stereocenters. The van der Waals surface area contributed by atoms with Crippen LogP contribution in [0.25, 0.3) is 11.0 Å². The summed E-state index contributed by atoms with van der Waals surface area (Å²) >= 11 is 1.60. The number of rotatable bonds is 6. The Hall–Kier alpha value is -2.60. The molecule has 3 rings (SSSR count). The maximum absolute atomic E-state index is 12.3. The number of ether oxygens (including phenoxy) is 1. The van der Waals surface area contributed by atoms with Gasteiger partial charge in [0.1, 0.15) is 11.3 Å². The van der Waals surface area contributed by atoms with Crippen LogP contribution in [0.15, 0.2) is 44.2 Å². The van der Waals surface area contributed by atoms with Crippen molar-refractivity contribution in [2.75, 3.05) is 7.11 Å². The second-order valence-electron chi connectivity index (χ2n) is 5.76. The highest BCUT2D eigenvalue weighted by atomic mass is 32.1. The van der Waals surface area contributed by atoms with Crippen LogP contribution in [0.4, 0.5) is 0 Å². The molecule has 0 bridgehead atoms. The minimum absolute atomic E-state index is 0.0835. The molecule has 1 aromatic carbocycles. The molecule has 2 heterocycles. The van der Waals surface area contributed by atoms with Crippen molar-refractivity contribution in [3.8, 4) is 5.75 Å². The third-order valence-electron chi connectivity index (χ3n) is 4.17. The molecule has 3 aromatic rings. The summed E-state index contributed by atoms with van der Waals surface area (Å²) in [7, 11) is 1.56. The lowest BCUT2D eigenvalue weighted by Gasteiger charge is -2.09. The van der Waals surface area contributed by atoms with Gasteiger partial charge in [0, 0.05) is 30.0 Å². The predicted molar refractivity (Wildman–Crippen MR) is 98.3 cm³/mol. The maximum atomic E-state index is 12.3. The molecule has 5 nitrogen and oxygen atoms in total. The minimum Gasteiger partial charge on any atom is -0.497 e. The summed E-state index contributed by atoms with van der Waals surface area (Å²) in [6.45, 7) is 2.39. The van der Waals surface area contributed by atoms with Gasteiger partial charge in [0.15, 0.2) is 0 Å². The van der Waals surface area contributed by atoms with Gasteiger partial charge < -0.3 is 14.5 Å². The Balaban J connectivity index is 1.72. The highest BCUT2D eigenvalue weighted by Gasteiger charge is 2.13. The van der Waals surface area contributed by atoms with Crippen LogP contribution in [0.2, 0.25) is 0 Å². The quantitative estimate of drug-likeness (QED) is 0.687. The molecule has 1 N–H and O–H groups in total. The molecule has 0 aliphatic rings. The van der Waals surface area contributed by atoms with Crippen molar-refractivity contribution in [3.05, 3.63) is 62.1 Å². The molecule has 1 amide bonds. The van der Waals surface area contributed by atoms with Crippen LogP contribution in [0.5, 0.6) is 5.75 Å². The van der Waals surface area contributed by atoms with Crippen molar-refractivity contribution < 1.29 is 13.9 Å². The zero-order valence-electron chi connectivity index (χ0n) is 14.1. The third kappa shape index (κ3) is 3.91. The molecule has 0 aliphatic carbocycles. The number of aryl methyl sites for hydroxylation is 1. The van der Waals surface area contributed by atoms with Crippen LogP contribution in [-0.4, -0.2) is 13.0 Å². The SMILES string of the molecule is COc1ccc2c(C)c(CCC(=O)NCc3ccsc3)c(=O)oc2c1. The lowest BCUT2D eigenvalue weighted by molar-refractivity contribution is -0.121. The van der Waals surface area contributed by atoms with Gasteiger partial charge in [0.2, 0.25) is 5.91 Å². The Labute approximate surface area is 149 Å². The van der Waals surface area contributed by atoms with Crippen molar-refractivity contribution in [2.24, 2.45) is 0 Å². The van der Waals surface area contributed by atoms with Crippen LogP contribution < -0.4 is 15.7 Å². The Bertz CT molecular complexity index is 944. The van der Waals surface area contributed by atoms with Crippen LogP contribution >= 0.6 is 11.3 Å². The van der Waals surface area contributed by atoms with Crippen molar-refractivity contribution in [1.82, 2.24) is 5.32 Å². The van der Waals surface area contributed by atoms with Crippen LogP contribution in [-0.2, 0) is 17.8 Å². The van der Waals surface area contributed by atoms with Gasteiger partial charge in [-0.2, -0.15) is 11.3 Å². The Morgan fingerprint density at radius 3 is 2.88 bits per heavy atom. The number of hydrogen-bond donors (Lipinski definition) is 1. The van der Waals surface area contributed by atoms with Crippen molar-refractivity contribution in [1.29, 1.82) is 0 Å². The van der Waals surface area contributed by atoms with E-state index in [1.807, 2.05) is 35.9 Å². The summed E-state index contributed by atoms with van der Waals surface area (Å²) in [5.74, 6) is 0.551. The van der Waals surface area contributed by atoms with E-state index in [0.29, 0.717) is 29.9 Å². The first-order valence-electron chi connectivity index (χ1n) is 7.96. The third-order valence-corrected chi connectivity index (χ3v) is 4.90. The van der Waals surface area contributed by atoms with E-state index in [9.17, 15) is 9.59 Å². The fourth-order valence-corrected chi connectivity index (χ4v) is 3.38. The summed E-state index contributed by atoms with van der Waals surface area (Å²) in [6.07, 6.45) is 0.600. The van der Waals surface area contributed by atoms with Gasteiger partial charge >= 0.3 is 5.63 Å². The number of fused-ring (bicyclic) bond motifs is 1. The van der Waals surface area contributed by atoms with Gasteiger partial charge in [-0.1, -0.05) is 0 Å². The number of carbonyl (C=O) groups excluding carboxylic acids is 1. The molecule has 25 heavy (non-hydrogen) atoms. The molecule has 0 saturated heterocycles. The van der Waals surface area contributed by atoms with Crippen molar-refractivity contribution in [3.63, 3.8) is 0 Å². The van der Waals surface area contributed by atoms with Gasteiger partial charge in [-0.25, -0.2) is 4.79 Å². The molecule has 2 aromatic heterocycles. The number of nitrogens with one attached hydrogen (secondary N) is 1. The van der Waals surface area contributed by atoms with E-state index in [0.717, 1.165) is 16.5 Å². The van der Waals surface area contributed by atoms with E-state index in [1.165, 1.54) is 0 Å². The molecule has 0 aliphatic heterocycles. The minimum atomic E-state index is -0.399. The topological polar surface area (TPSA) is 68.5 Å². The van der Waals surface area contributed by atoms with Crippen LogP contribution in [0.1, 0.15) is 23.1 Å².